The number of methoxy groups -OCH3 is 1. The van der Waals surface area contributed by atoms with Crippen LogP contribution in [-0.2, 0) is 4.79 Å². The van der Waals surface area contributed by atoms with Crippen LogP contribution < -0.4 is 15.4 Å². The van der Waals surface area contributed by atoms with Crippen molar-refractivity contribution in [1.29, 1.82) is 0 Å². The van der Waals surface area contributed by atoms with Crippen LogP contribution in [0.1, 0.15) is 31.2 Å². The first-order valence-electron chi connectivity index (χ1n) is 6.48. The Kier molecular flexibility index (Phi) is 4.82. The van der Waals surface area contributed by atoms with E-state index in [1.807, 2.05) is 12.1 Å². The number of carbonyl (C=O) groups is 1. The van der Waals surface area contributed by atoms with Gasteiger partial charge in [-0.1, -0.05) is 15.9 Å². The number of benzene rings is 1. The lowest BCUT2D eigenvalue weighted by Gasteiger charge is -2.27. The maximum atomic E-state index is 11.4. The molecular formula is C14H19BrN2O2. The van der Waals surface area contributed by atoms with Crippen molar-refractivity contribution in [2.45, 2.75) is 25.7 Å². The molecule has 1 aromatic carbocycles. The zero-order valence-electron chi connectivity index (χ0n) is 11.3. The van der Waals surface area contributed by atoms with E-state index in [1.165, 1.54) is 6.92 Å². The second-order valence-electron chi connectivity index (χ2n) is 4.74. The molecule has 0 atom stereocenters. The number of hydrogen-bond donors (Lipinski definition) is 2. The summed E-state index contributed by atoms with van der Waals surface area (Å²) in [6, 6.07) is 3.86. The zero-order chi connectivity index (χ0) is 13.8. The first kappa shape index (κ1) is 14.3. The van der Waals surface area contributed by atoms with Crippen molar-refractivity contribution in [2.24, 2.45) is 0 Å². The number of anilines is 1. The van der Waals surface area contributed by atoms with Crippen LogP contribution in [0.15, 0.2) is 16.6 Å². The maximum Gasteiger partial charge on any atom is 0.221 e. The van der Waals surface area contributed by atoms with Crippen LogP contribution in [0.25, 0.3) is 0 Å². The van der Waals surface area contributed by atoms with Gasteiger partial charge in [-0.25, -0.2) is 0 Å². The summed E-state index contributed by atoms with van der Waals surface area (Å²) < 4.78 is 6.41. The monoisotopic (exact) mass is 326 g/mol. The van der Waals surface area contributed by atoms with E-state index in [9.17, 15) is 4.79 Å². The van der Waals surface area contributed by atoms with Gasteiger partial charge in [-0.15, -0.1) is 0 Å². The Balaban J connectivity index is 2.45. The minimum absolute atomic E-state index is 0.0772. The van der Waals surface area contributed by atoms with Crippen molar-refractivity contribution in [3.05, 3.63) is 22.2 Å². The Morgan fingerprint density at radius 2 is 2.11 bits per heavy atom. The van der Waals surface area contributed by atoms with Crippen LogP contribution in [0, 0.1) is 0 Å². The molecule has 2 N–H and O–H groups in total. The van der Waals surface area contributed by atoms with Crippen LogP contribution in [0.5, 0.6) is 5.75 Å². The van der Waals surface area contributed by atoms with Gasteiger partial charge in [0.05, 0.1) is 12.8 Å². The lowest BCUT2D eigenvalue weighted by Crippen LogP contribution is -2.27. The van der Waals surface area contributed by atoms with E-state index in [-0.39, 0.29) is 5.91 Å². The van der Waals surface area contributed by atoms with Crippen molar-refractivity contribution >= 4 is 27.5 Å². The van der Waals surface area contributed by atoms with Gasteiger partial charge in [-0.3, -0.25) is 4.79 Å². The Morgan fingerprint density at radius 1 is 1.42 bits per heavy atom. The summed E-state index contributed by atoms with van der Waals surface area (Å²) in [7, 11) is 1.63. The number of nitrogens with one attached hydrogen (secondary N) is 2. The highest BCUT2D eigenvalue weighted by Gasteiger charge is 2.23. The molecule has 19 heavy (non-hydrogen) atoms. The zero-order valence-corrected chi connectivity index (χ0v) is 12.8. The number of piperidine rings is 1. The minimum atomic E-state index is -0.0772. The van der Waals surface area contributed by atoms with Gasteiger partial charge >= 0.3 is 0 Å². The summed E-state index contributed by atoms with van der Waals surface area (Å²) in [5.41, 5.74) is 1.95. The molecule has 2 rings (SSSR count). The Hall–Kier alpha value is -1.07. The number of hydrogen-bond acceptors (Lipinski definition) is 3. The Labute approximate surface area is 122 Å². The molecule has 104 valence electrons. The molecule has 0 spiro atoms. The van der Waals surface area contributed by atoms with Crippen molar-refractivity contribution in [3.8, 4) is 5.75 Å². The molecule has 1 aliphatic rings. The van der Waals surface area contributed by atoms with Gasteiger partial charge < -0.3 is 15.4 Å². The lowest BCUT2D eigenvalue weighted by molar-refractivity contribution is -0.114. The molecule has 0 aliphatic carbocycles. The summed E-state index contributed by atoms with van der Waals surface area (Å²) in [6.45, 7) is 3.54. The third-order valence-electron chi connectivity index (χ3n) is 3.42. The molecular weight excluding hydrogens is 308 g/mol. The number of rotatable bonds is 3. The van der Waals surface area contributed by atoms with E-state index in [1.54, 1.807) is 7.11 Å². The maximum absolute atomic E-state index is 11.4. The van der Waals surface area contributed by atoms with Gasteiger partial charge in [-0.2, -0.15) is 0 Å². The SMILES string of the molecule is COc1ccc(Br)c(C2CCNCC2)c1NC(C)=O. The minimum Gasteiger partial charge on any atom is -0.495 e. The fourth-order valence-corrected chi connectivity index (χ4v) is 3.21. The number of halogens is 1. The van der Waals surface area contributed by atoms with Gasteiger partial charge in [0.2, 0.25) is 5.91 Å². The standard InChI is InChI=1S/C14H19BrN2O2/c1-9(18)17-14-12(19-2)4-3-11(15)13(14)10-5-7-16-8-6-10/h3-4,10,16H,5-8H2,1-2H3,(H,17,18). The molecule has 0 radical (unpaired) electrons. The number of carbonyl (C=O) groups excluding carboxylic acids is 1. The third-order valence-corrected chi connectivity index (χ3v) is 4.11. The molecule has 0 unspecified atom stereocenters. The molecule has 1 aromatic rings. The quantitative estimate of drug-likeness (QED) is 0.898. The van der Waals surface area contributed by atoms with Gasteiger partial charge in [0.1, 0.15) is 5.75 Å². The second-order valence-corrected chi connectivity index (χ2v) is 5.60. The Morgan fingerprint density at radius 3 is 2.68 bits per heavy atom. The first-order valence-corrected chi connectivity index (χ1v) is 7.27. The highest BCUT2D eigenvalue weighted by Crippen LogP contribution is 2.41. The van der Waals surface area contributed by atoms with E-state index in [0.717, 1.165) is 41.7 Å². The van der Waals surface area contributed by atoms with E-state index < -0.39 is 0 Å². The second kappa shape index (κ2) is 6.39. The van der Waals surface area contributed by atoms with Crippen LogP contribution in [0.3, 0.4) is 0 Å². The number of amides is 1. The fourth-order valence-electron chi connectivity index (χ4n) is 2.56. The van der Waals surface area contributed by atoms with Crippen molar-refractivity contribution in [2.75, 3.05) is 25.5 Å². The highest BCUT2D eigenvalue weighted by atomic mass is 79.9. The largest absolute Gasteiger partial charge is 0.495 e. The van der Waals surface area contributed by atoms with Crippen molar-refractivity contribution in [1.82, 2.24) is 5.32 Å². The van der Waals surface area contributed by atoms with E-state index in [2.05, 4.69) is 26.6 Å². The molecule has 1 heterocycles. The fraction of sp³-hybridized carbons (Fsp3) is 0.500. The van der Waals surface area contributed by atoms with Crippen LogP contribution in [-0.4, -0.2) is 26.1 Å². The molecule has 0 aromatic heterocycles. The molecule has 1 amide bonds. The predicted molar refractivity (Wildman–Crippen MR) is 79.8 cm³/mol. The smallest absolute Gasteiger partial charge is 0.221 e. The summed E-state index contributed by atoms with van der Waals surface area (Å²) in [6.07, 6.45) is 2.14. The average molecular weight is 327 g/mol. The van der Waals surface area contributed by atoms with E-state index in [0.29, 0.717) is 11.7 Å². The molecule has 4 nitrogen and oxygen atoms in total. The molecule has 0 bridgehead atoms. The van der Waals surface area contributed by atoms with Gasteiger partial charge in [0.15, 0.2) is 0 Å². The average Bonchev–Trinajstić information content (AvgIpc) is 2.39. The summed E-state index contributed by atoms with van der Waals surface area (Å²) in [5.74, 6) is 1.08. The van der Waals surface area contributed by atoms with Gasteiger partial charge in [0, 0.05) is 11.4 Å². The summed E-state index contributed by atoms with van der Waals surface area (Å²) >= 11 is 3.61. The predicted octanol–water partition coefficient (Wildman–Crippen LogP) is 2.88. The van der Waals surface area contributed by atoms with Crippen LogP contribution >= 0.6 is 15.9 Å². The Bertz CT molecular complexity index is 471. The lowest BCUT2D eigenvalue weighted by atomic mass is 9.88. The topological polar surface area (TPSA) is 50.4 Å². The van der Waals surface area contributed by atoms with Crippen molar-refractivity contribution in [3.63, 3.8) is 0 Å². The molecule has 5 heteroatoms. The normalized spacial score (nSPS) is 16.2. The van der Waals surface area contributed by atoms with Gasteiger partial charge in [-0.05, 0) is 49.5 Å². The van der Waals surface area contributed by atoms with E-state index >= 15 is 0 Å². The van der Waals surface area contributed by atoms with E-state index in [4.69, 9.17) is 4.74 Å². The first-order chi connectivity index (χ1) is 9.13. The third kappa shape index (κ3) is 3.28. The van der Waals surface area contributed by atoms with Crippen molar-refractivity contribution < 1.29 is 9.53 Å². The molecule has 1 aliphatic heterocycles. The molecule has 1 fully saturated rings. The summed E-state index contributed by atoms with van der Waals surface area (Å²) in [5, 5.41) is 6.28. The van der Waals surface area contributed by atoms with Gasteiger partial charge in [0.25, 0.3) is 0 Å². The molecule has 0 saturated carbocycles. The molecule has 1 saturated heterocycles. The highest BCUT2D eigenvalue weighted by molar-refractivity contribution is 9.10. The number of ether oxygens (including phenoxy) is 1. The van der Waals surface area contributed by atoms with Crippen LogP contribution in [0.4, 0.5) is 5.69 Å². The summed E-state index contributed by atoms with van der Waals surface area (Å²) in [4.78, 5) is 11.4. The van der Waals surface area contributed by atoms with Crippen LogP contribution in [0.2, 0.25) is 0 Å².